The Balaban J connectivity index is 2.60. The van der Waals surface area contributed by atoms with Gasteiger partial charge < -0.3 is 5.01 Å². The number of aryl methyl sites for hydroxylation is 1. The van der Waals surface area contributed by atoms with Gasteiger partial charge in [0.25, 0.3) is 0 Å². The van der Waals surface area contributed by atoms with Crippen LogP contribution in [0.4, 0.5) is 5.69 Å². The largest absolute Gasteiger partial charge is 0.313 e. The maximum Gasteiger partial charge on any atom is 0.0592 e. The summed E-state index contributed by atoms with van der Waals surface area (Å²) in [5, 5.41) is 1.65. The number of hydrogen-bond donors (Lipinski definition) is 1. The minimum absolute atomic E-state index is 1.04. The molecule has 2 N–H and O–H groups in total. The zero-order valence-corrected chi connectivity index (χ0v) is 9.64. The second-order valence-electron chi connectivity index (χ2n) is 3.94. The summed E-state index contributed by atoms with van der Waals surface area (Å²) in [5.74, 6) is 5.84. The van der Waals surface area contributed by atoms with Crippen molar-refractivity contribution in [1.82, 2.24) is 0 Å². The van der Waals surface area contributed by atoms with Crippen LogP contribution in [-0.4, -0.2) is 7.05 Å². The Labute approximate surface area is 96.3 Å². The number of hydrogen-bond acceptors (Lipinski definition) is 2. The number of anilines is 1. The van der Waals surface area contributed by atoms with Crippen molar-refractivity contribution in [3.63, 3.8) is 0 Å². The van der Waals surface area contributed by atoms with E-state index in [1.54, 1.807) is 5.01 Å². The minimum atomic E-state index is 1.04. The summed E-state index contributed by atoms with van der Waals surface area (Å²) >= 11 is 0. The molecule has 0 unspecified atom stereocenters. The fraction of sp³-hybridized carbons (Fsp3) is 0.143. The Morgan fingerprint density at radius 2 is 1.44 bits per heavy atom. The number of hydrazine groups is 1. The molecule has 0 aliphatic rings. The molecular formula is C14H16N2. The first-order valence-corrected chi connectivity index (χ1v) is 5.33. The van der Waals surface area contributed by atoms with Gasteiger partial charge in [-0.15, -0.1) is 0 Å². The second kappa shape index (κ2) is 4.37. The number of nitrogens with two attached hydrogens (primary N) is 1. The maximum absolute atomic E-state index is 5.84. The zero-order valence-electron chi connectivity index (χ0n) is 9.64. The quantitative estimate of drug-likeness (QED) is 0.612. The molecule has 2 rings (SSSR count). The Kier molecular flexibility index (Phi) is 2.93. The third-order valence-corrected chi connectivity index (χ3v) is 2.72. The van der Waals surface area contributed by atoms with Crippen LogP contribution in [0, 0.1) is 6.92 Å². The first-order valence-electron chi connectivity index (χ1n) is 5.33. The van der Waals surface area contributed by atoms with Crippen LogP contribution in [0.3, 0.4) is 0 Å². The number of rotatable bonds is 2. The van der Waals surface area contributed by atoms with Crippen molar-refractivity contribution < 1.29 is 0 Å². The van der Waals surface area contributed by atoms with Crippen LogP contribution in [0.1, 0.15) is 5.56 Å². The molecule has 2 nitrogen and oxygen atoms in total. The van der Waals surface area contributed by atoms with Gasteiger partial charge >= 0.3 is 0 Å². The predicted octanol–water partition coefficient (Wildman–Crippen LogP) is 2.97. The normalized spacial score (nSPS) is 10.2. The van der Waals surface area contributed by atoms with Crippen molar-refractivity contribution in [2.45, 2.75) is 6.92 Å². The molecule has 2 aromatic carbocycles. The standard InChI is InChI=1S/C14H16N2/c1-11-7-3-4-8-12(11)13-9-5-6-10-14(13)16(2)15/h3-10H,15H2,1-2H3. The van der Waals surface area contributed by atoms with E-state index in [9.17, 15) is 0 Å². The molecule has 0 aliphatic heterocycles. The molecule has 0 amide bonds. The molecule has 16 heavy (non-hydrogen) atoms. The van der Waals surface area contributed by atoms with Crippen molar-refractivity contribution in [3.05, 3.63) is 54.1 Å². The molecule has 82 valence electrons. The SMILES string of the molecule is Cc1ccccc1-c1ccccc1N(C)N. The molecule has 0 atom stereocenters. The van der Waals surface area contributed by atoms with Crippen LogP contribution in [0.2, 0.25) is 0 Å². The Bertz CT molecular complexity index is 490. The van der Waals surface area contributed by atoms with Crippen LogP contribution in [0.15, 0.2) is 48.5 Å². The molecule has 0 fully saturated rings. The van der Waals surface area contributed by atoms with Crippen LogP contribution < -0.4 is 10.9 Å². The molecule has 0 aromatic heterocycles. The fourth-order valence-corrected chi connectivity index (χ4v) is 1.88. The highest BCUT2D eigenvalue weighted by atomic mass is 15.4. The highest BCUT2D eigenvalue weighted by molar-refractivity contribution is 5.79. The summed E-state index contributed by atoms with van der Waals surface area (Å²) in [4.78, 5) is 0. The van der Waals surface area contributed by atoms with E-state index in [-0.39, 0.29) is 0 Å². The van der Waals surface area contributed by atoms with Crippen molar-refractivity contribution >= 4 is 5.69 Å². The molecule has 0 aliphatic carbocycles. The lowest BCUT2D eigenvalue weighted by Crippen LogP contribution is -2.25. The smallest absolute Gasteiger partial charge is 0.0592 e. The highest BCUT2D eigenvalue weighted by Crippen LogP contribution is 2.30. The zero-order chi connectivity index (χ0) is 11.5. The van der Waals surface area contributed by atoms with Crippen molar-refractivity contribution in [1.29, 1.82) is 0 Å². The molecule has 2 heteroatoms. The van der Waals surface area contributed by atoms with Crippen molar-refractivity contribution in [2.24, 2.45) is 5.84 Å². The molecular weight excluding hydrogens is 196 g/mol. The van der Waals surface area contributed by atoms with Gasteiger partial charge in [0.1, 0.15) is 0 Å². The summed E-state index contributed by atoms with van der Waals surface area (Å²) < 4.78 is 0. The average Bonchev–Trinajstić information content (AvgIpc) is 2.29. The van der Waals surface area contributed by atoms with E-state index >= 15 is 0 Å². The average molecular weight is 212 g/mol. The monoisotopic (exact) mass is 212 g/mol. The van der Waals surface area contributed by atoms with Gasteiger partial charge in [0.05, 0.1) is 5.69 Å². The van der Waals surface area contributed by atoms with Crippen LogP contribution in [0.5, 0.6) is 0 Å². The van der Waals surface area contributed by atoms with Gasteiger partial charge in [-0.05, 0) is 24.1 Å². The molecule has 2 aromatic rings. The van der Waals surface area contributed by atoms with Gasteiger partial charge in [-0.2, -0.15) is 0 Å². The summed E-state index contributed by atoms with van der Waals surface area (Å²) in [5.41, 5.74) is 4.70. The molecule has 0 bridgehead atoms. The first-order chi connectivity index (χ1) is 7.70. The van der Waals surface area contributed by atoms with E-state index in [2.05, 4.69) is 31.2 Å². The number of para-hydroxylation sites is 1. The van der Waals surface area contributed by atoms with Crippen molar-refractivity contribution in [2.75, 3.05) is 12.1 Å². The summed E-state index contributed by atoms with van der Waals surface area (Å²) in [6, 6.07) is 16.5. The van der Waals surface area contributed by atoms with E-state index in [4.69, 9.17) is 5.84 Å². The third kappa shape index (κ3) is 1.92. The molecule has 0 saturated carbocycles. The van der Waals surface area contributed by atoms with E-state index in [0.29, 0.717) is 0 Å². The van der Waals surface area contributed by atoms with Gasteiger partial charge in [0.2, 0.25) is 0 Å². The summed E-state index contributed by atoms with van der Waals surface area (Å²) in [6.45, 7) is 2.11. The first kappa shape index (κ1) is 10.7. The second-order valence-corrected chi connectivity index (χ2v) is 3.94. The van der Waals surface area contributed by atoms with E-state index < -0.39 is 0 Å². The van der Waals surface area contributed by atoms with Gasteiger partial charge in [-0.1, -0.05) is 42.5 Å². The summed E-state index contributed by atoms with van der Waals surface area (Å²) in [7, 11) is 1.86. The van der Waals surface area contributed by atoms with E-state index in [1.165, 1.54) is 16.7 Å². The van der Waals surface area contributed by atoms with Gasteiger partial charge in [-0.25, -0.2) is 5.84 Å². The van der Waals surface area contributed by atoms with Gasteiger partial charge in [0.15, 0.2) is 0 Å². The lowest BCUT2D eigenvalue weighted by molar-refractivity contribution is 1.02. The molecule has 0 spiro atoms. The summed E-state index contributed by atoms with van der Waals surface area (Å²) in [6.07, 6.45) is 0. The molecule has 0 heterocycles. The number of benzene rings is 2. The Morgan fingerprint density at radius 1 is 0.875 bits per heavy atom. The minimum Gasteiger partial charge on any atom is -0.313 e. The Hall–Kier alpha value is -1.80. The maximum atomic E-state index is 5.84. The molecule has 0 saturated heterocycles. The third-order valence-electron chi connectivity index (χ3n) is 2.72. The van der Waals surface area contributed by atoms with Gasteiger partial charge in [-0.3, -0.25) is 0 Å². The number of nitrogens with zero attached hydrogens (tertiary/aromatic N) is 1. The fourth-order valence-electron chi connectivity index (χ4n) is 1.88. The van der Waals surface area contributed by atoms with Crippen LogP contribution >= 0.6 is 0 Å². The predicted molar refractivity (Wildman–Crippen MR) is 69.2 cm³/mol. The van der Waals surface area contributed by atoms with Crippen LogP contribution in [0.25, 0.3) is 11.1 Å². The lowest BCUT2D eigenvalue weighted by atomic mass is 9.99. The lowest BCUT2D eigenvalue weighted by Gasteiger charge is -2.18. The van der Waals surface area contributed by atoms with E-state index in [1.807, 2.05) is 31.3 Å². The topological polar surface area (TPSA) is 29.3 Å². The van der Waals surface area contributed by atoms with Crippen molar-refractivity contribution in [3.8, 4) is 11.1 Å². The van der Waals surface area contributed by atoms with Gasteiger partial charge in [0, 0.05) is 12.6 Å². The van der Waals surface area contributed by atoms with Crippen LogP contribution in [-0.2, 0) is 0 Å². The molecule has 0 radical (unpaired) electrons. The Morgan fingerprint density at radius 3 is 2.06 bits per heavy atom. The van der Waals surface area contributed by atoms with E-state index in [0.717, 1.165) is 5.69 Å². The highest BCUT2D eigenvalue weighted by Gasteiger charge is 2.07.